The van der Waals surface area contributed by atoms with Gasteiger partial charge in [-0.25, -0.2) is 4.68 Å². The molecular weight excluding hydrogens is 396 g/mol. The number of ether oxygens (including phenoxy) is 2. The molecule has 2 N–H and O–H groups in total. The molecule has 5 rings (SSSR count). The molecule has 0 fully saturated rings. The lowest BCUT2D eigenvalue weighted by molar-refractivity contribution is 0.101. The van der Waals surface area contributed by atoms with E-state index in [1.165, 1.54) is 0 Å². The van der Waals surface area contributed by atoms with Crippen molar-refractivity contribution in [2.45, 2.75) is 0 Å². The molecule has 0 atom stereocenters. The molecule has 154 valence electrons. The van der Waals surface area contributed by atoms with Crippen LogP contribution in [-0.4, -0.2) is 39.1 Å². The second kappa shape index (κ2) is 8.15. The number of rotatable bonds is 5. The predicted molar refractivity (Wildman–Crippen MR) is 114 cm³/mol. The van der Waals surface area contributed by atoms with Gasteiger partial charge < -0.3 is 20.1 Å². The molecule has 2 aromatic carbocycles. The van der Waals surface area contributed by atoms with Gasteiger partial charge >= 0.3 is 0 Å². The number of amides is 1. The van der Waals surface area contributed by atoms with Crippen LogP contribution < -0.4 is 20.1 Å². The van der Waals surface area contributed by atoms with Crippen LogP contribution in [0.15, 0.2) is 73.1 Å². The van der Waals surface area contributed by atoms with E-state index in [2.05, 4.69) is 25.9 Å². The van der Waals surface area contributed by atoms with Crippen LogP contribution in [0.3, 0.4) is 0 Å². The summed E-state index contributed by atoms with van der Waals surface area (Å²) in [5, 5.41) is 18.5. The third-order valence-electron chi connectivity index (χ3n) is 4.62. The number of para-hydroxylation sites is 1. The van der Waals surface area contributed by atoms with Gasteiger partial charge in [0.25, 0.3) is 5.91 Å². The quantitative estimate of drug-likeness (QED) is 0.516. The van der Waals surface area contributed by atoms with Gasteiger partial charge in [-0.05, 0) is 54.6 Å². The Bertz CT molecular complexity index is 1190. The van der Waals surface area contributed by atoms with Gasteiger partial charge in [0, 0.05) is 23.8 Å². The summed E-state index contributed by atoms with van der Waals surface area (Å²) in [6.45, 7) is 0.895. The second-order valence-corrected chi connectivity index (χ2v) is 6.71. The van der Waals surface area contributed by atoms with Crippen LogP contribution in [0.1, 0.15) is 10.4 Å². The molecule has 0 aliphatic carbocycles. The van der Waals surface area contributed by atoms with Crippen molar-refractivity contribution in [1.82, 2.24) is 20.0 Å². The van der Waals surface area contributed by atoms with Crippen LogP contribution >= 0.6 is 0 Å². The van der Waals surface area contributed by atoms with Crippen LogP contribution in [0.2, 0.25) is 0 Å². The van der Waals surface area contributed by atoms with Crippen LogP contribution in [0.4, 0.5) is 17.2 Å². The van der Waals surface area contributed by atoms with Gasteiger partial charge in [0.05, 0.1) is 5.56 Å². The average Bonchev–Trinajstić information content (AvgIpc) is 3.35. The zero-order valence-electron chi connectivity index (χ0n) is 16.4. The van der Waals surface area contributed by atoms with Gasteiger partial charge in [-0.2, -0.15) is 5.10 Å². The molecule has 2 aromatic heterocycles. The monoisotopic (exact) mass is 414 g/mol. The number of fused-ring (bicyclic) bond motifs is 1. The highest BCUT2D eigenvalue weighted by Crippen LogP contribution is 2.34. The van der Waals surface area contributed by atoms with E-state index in [1.807, 2.05) is 30.3 Å². The SMILES string of the molecule is O=C(Nc1ccc(Nc2ccc(-n3cccn3)nn2)cc1)c1cccc2c1OCCO2. The molecular formula is C22H18N6O3. The summed E-state index contributed by atoms with van der Waals surface area (Å²) in [6.07, 6.45) is 3.48. The Hall–Kier alpha value is -4.40. The number of hydrogen-bond donors (Lipinski definition) is 2. The Balaban J connectivity index is 1.25. The van der Waals surface area contributed by atoms with Crippen molar-refractivity contribution in [3.63, 3.8) is 0 Å². The van der Waals surface area contributed by atoms with Gasteiger partial charge in [-0.1, -0.05) is 6.07 Å². The molecule has 1 aliphatic heterocycles. The lowest BCUT2D eigenvalue weighted by Gasteiger charge is -2.20. The van der Waals surface area contributed by atoms with E-state index in [0.29, 0.717) is 47.6 Å². The smallest absolute Gasteiger partial charge is 0.259 e. The predicted octanol–water partition coefficient (Wildman–Crippen LogP) is 3.43. The highest BCUT2D eigenvalue weighted by Gasteiger charge is 2.20. The summed E-state index contributed by atoms with van der Waals surface area (Å²) in [5.41, 5.74) is 1.91. The van der Waals surface area contributed by atoms with Gasteiger partial charge in [0.2, 0.25) is 0 Å². The van der Waals surface area contributed by atoms with E-state index in [9.17, 15) is 4.79 Å². The molecule has 9 heteroatoms. The maximum Gasteiger partial charge on any atom is 0.259 e. The summed E-state index contributed by atoms with van der Waals surface area (Å²) in [5.74, 6) is 2.02. The van der Waals surface area contributed by atoms with Crippen molar-refractivity contribution >= 4 is 23.1 Å². The van der Waals surface area contributed by atoms with Crippen molar-refractivity contribution in [3.8, 4) is 17.3 Å². The zero-order valence-corrected chi connectivity index (χ0v) is 16.4. The van der Waals surface area contributed by atoms with E-state index >= 15 is 0 Å². The molecule has 0 saturated carbocycles. The van der Waals surface area contributed by atoms with Crippen LogP contribution in [0.5, 0.6) is 11.5 Å². The Morgan fingerprint density at radius 3 is 2.52 bits per heavy atom. The molecule has 0 unspecified atom stereocenters. The van der Waals surface area contributed by atoms with Crippen LogP contribution in [0.25, 0.3) is 5.82 Å². The summed E-state index contributed by atoms with van der Waals surface area (Å²) < 4.78 is 12.8. The number of anilines is 3. The summed E-state index contributed by atoms with van der Waals surface area (Å²) in [6, 6.07) is 18.0. The fraction of sp³-hybridized carbons (Fsp3) is 0.0909. The molecule has 31 heavy (non-hydrogen) atoms. The van der Waals surface area contributed by atoms with E-state index in [4.69, 9.17) is 9.47 Å². The number of benzene rings is 2. The van der Waals surface area contributed by atoms with Crippen LogP contribution in [0, 0.1) is 0 Å². The van der Waals surface area contributed by atoms with Gasteiger partial charge in [0.15, 0.2) is 23.1 Å². The van der Waals surface area contributed by atoms with E-state index in [-0.39, 0.29) is 5.91 Å². The third-order valence-corrected chi connectivity index (χ3v) is 4.62. The maximum absolute atomic E-state index is 12.7. The Morgan fingerprint density at radius 1 is 0.903 bits per heavy atom. The van der Waals surface area contributed by atoms with Crippen molar-refractivity contribution in [2.24, 2.45) is 0 Å². The first-order valence-electron chi connectivity index (χ1n) is 9.67. The molecule has 0 radical (unpaired) electrons. The van der Waals surface area contributed by atoms with E-state index in [1.54, 1.807) is 47.4 Å². The lowest BCUT2D eigenvalue weighted by atomic mass is 10.1. The maximum atomic E-state index is 12.7. The Morgan fingerprint density at radius 2 is 1.74 bits per heavy atom. The van der Waals surface area contributed by atoms with Gasteiger partial charge in [-0.15, -0.1) is 10.2 Å². The van der Waals surface area contributed by atoms with Crippen LogP contribution in [-0.2, 0) is 0 Å². The molecule has 0 spiro atoms. The summed E-state index contributed by atoms with van der Waals surface area (Å²) >= 11 is 0. The Kier molecular flexibility index (Phi) is 4.89. The molecule has 0 saturated heterocycles. The number of nitrogens with zero attached hydrogens (tertiary/aromatic N) is 4. The fourth-order valence-electron chi connectivity index (χ4n) is 3.15. The van der Waals surface area contributed by atoms with Crippen molar-refractivity contribution in [1.29, 1.82) is 0 Å². The first-order valence-corrected chi connectivity index (χ1v) is 9.67. The van der Waals surface area contributed by atoms with Crippen molar-refractivity contribution < 1.29 is 14.3 Å². The largest absolute Gasteiger partial charge is 0.486 e. The highest BCUT2D eigenvalue weighted by atomic mass is 16.6. The number of carbonyl (C=O) groups is 1. The first kappa shape index (κ1) is 18.6. The number of aromatic nitrogens is 4. The Labute approximate surface area is 177 Å². The standard InChI is InChI=1S/C22H18N6O3/c29-22(17-3-1-4-18-21(17)31-14-13-30-18)25-16-7-5-15(6-8-16)24-19-9-10-20(27-26-19)28-12-2-11-23-28/h1-12H,13-14H2,(H,24,26)(H,25,29). The highest BCUT2D eigenvalue weighted by molar-refractivity contribution is 6.06. The molecule has 3 heterocycles. The molecule has 9 nitrogen and oxygen atoms in total. The number of nitrogens with one attached hydrogen (secondary N) is 2. The van der Waals surface area contributed by atoms with Crippen molar-refractivity contribution in [3.05, 3.63) is 78.6 Å². The average molecular weight is 414 g/mol. The zero-order chi connectivity index (χ0) is 21.0. The molecule has 0 bridgehead atoms. The topological polar surface area (TPSA) is 103 Å². The molecule has 4 aromatic rings. The third kappa shape index (κ3) is 4.01. The minimum absolute atomic E-state index is 0.261. The summed E-state index contributed by atoms with van der Waals surface area (Å²) in [7, 11) is 0. The number of carbonyl (C=O) groups excluding carboxylic acids is 1. The van der Waals surface area contributed by atoms with E-state index in [0.717, 1.165) is 5.69 Å². The molecule has 1 aliphatic rings. The van der Waals surface area contributed by atoms with Gasteiger partial charge in [-0.3, -0.25) is 4.79 Å². The first-order chi connectivity index (χ1) is 15.3. The second-order valence-electron chi connectivity index (χ2n) is 6.71. The summed E-state index contributed by atoms with van der Waals surface area (Å²) in [4.78, 5) is 12.7. The van der Waals surface area contributed by atoms with Crippen molar-refractivity contribution in [2.75, 3.05) is 23.8 Å². The normalized spacial score (nSPS) is 12.3. The minimum atomic E-state index is -0.261. The fourth-order valence-corrected chi connectivity index (χ4v) is 3.15. The number of hydrogen-bond acceptors (Lipinski definition) is 7. The van der Waals surface area contributed by atoms with E-state index < -0.39 is 0 Å². The van der Waals surface area contributed by atoms with Gasteiger partial charge in [0.1, 0.15) is 13.2 Å². The molecule has 1 amide bonds. The minimum Gasteiger partial charge on any atom is -0.486 e. The lowest BCUT2D eigenvalue weighted by Crippen LogP contribution is -2.20.